The molecule has 0 heterocycles. The number of aliphatic hydroxyl groups is 1. The molecule has 0 aliphatic heterocycles. The molecule has 0 amide bonds. The van der Waals surface area contributed by atoms with Crippen LogP contribution in [0.3, 0.4) is 0 Å². The minimum atomic E-state index is -0.248. The number of ether oxygens (including phenoxy) is 1. The molecule has 1 fully saturated rings. The summed E-state index contributed by atoms with van der Waals surface area (Å²) in [6.07, 6.45) is 5.41. The average molecular weight is 262 g/mol. The zero-order valence-corrected chi connectivity index (χ0v) is 12.4. The number of rotatable bonds is 4. The molecule has 2 atom stereocenters. The standard InChI is InChI=1S/C17H26O2/c1-17(2)10-5-4-9-15(17)16(18)12-13-7-6-8-14(11-13)19-3/h6-8,11,15-16,18H,4-5,9-10,12H2,1-3H3. The van der Waals surface area contributed by atoms with Crippen molar-refractivity contribution in [2.24, 2.45) is 11.3 Å². The van der Waals surface area contributed by atoms with Crippen LogP contribution in [0.25, 0.3) is 0 Å². The van der Waals surface area contributed by atoms with Gasteiger partial charge in [-0.1, -0.05) is 38.8 Å². The minimum Gasteiger partial charge on any atom is -0.497 e. The van der Waals surface area contributed by atoms with Crippen molar-refractivity contribution in [2.75, 3.05) is 7.11 Å². The van der Waals surface area contributed by atoms with E-state index in [9.17, 15) is 5.11 Å². The first kappa shape index (κ1) is 14.4. The maximum atomic E-state index is 10.6. The molecule has 1 aliphatic carbocycles. The molecule has 0 radical (unpaired) electrons. The second-order valence-corrected chi connectivity index (χ2v) is 6.46. The van der Waals surface area contributed by atoms with Crippen LogP contribution in [0, 0.1) is 11.3 Å². The number of aliphatic hydroxyl groups excluding tert-OH is 1. The van der Waals surface area contributed by atoms with Crippen LogP contribution in [-0.2, 0) is 6.42 Å². The average Bonchev–Trinajstić information content (AvgIpc) is 2.38. The highest BCUT2D eigenvalue weighted by Gasteiger charge is 2.36. The molecule has 2 heteroatoms. The lowest BCUT2D eigenvalue weighted by molar-refractivity contribution is 0.00579. The van der Waals surface area contributed by atoms with Gasteiger partial charge in [-0.15, -0.1) is 0 Å². The van der Waals surface area contributed by atoms with Crippen LogP contribution in [0.1, 0.15) is 45.1 Å². The zero-order valence-electron chi connectivity index (χ0n) is 12.4. The lowest BCUT2D eigenvalue weighted by atomic mass is 9.66. The summed E-state index contributed by atoms with van der Waals surface area (Å²) in [4.78, 5) is 0. The molecule has 0 saturated heterocycles. The predicted molar refractivity (Wildman–Crippen MR) is 78.4 cm³/mol. The van der Waals surface area contributed by atoms with Crippen LogP contribution in [0.4, 0.5) is 0 Å². The number of hydrogen-bond acceptors (Lipinski definition) is 2. The highest BCUT2D eigenvalue weighted by molar-refractivity contribution is 5.28. The molecular formula is C17H26O2. The Morgan fingerprint density at radius 2 is 2.16 bits per heavy atom. The lowest BCUT2D eigenvalue weighted by Crippen LogP contribution is -2.37. The van der Waals surface area contributed by atoms with Crippen molar-refractivity contribution in [2.45, 2.75) is 52.1 Å². The molecule has 1 N–H and O–H groups in total. The predicted octanol–water partition coefficient (Wildman–Crippen LogP) is 3.82. The molecule has 0 spiro atoms. The van der Waals surface area contributed by atoms with E-state index in [2.05, 4.69) is 19.9 Å². The van der Waals surface area contributed by atoms with E-state index in [1.54, 1.807) is 7.11 Å². The monoisotopic (exact) mass is 262 g/mol. The number of hydrogen-bond donors (Lipinski definition) is 1. The van der Waals surface area contributed by atoms with Gasteiger partial charge in [0, 0.05) is 0 Å². The van der Waals surface area contributed by atoms with Gasteiger partial charge in [-0.25, -0.2) is 0 Å². The summed E-state index contributed by atoms with van der Waals surface area (Å²) in [5.41, 5.74) is 1.42. The molecular weight excluding hydrogens is 236 g/mol. The Morgan fingerprint density at radius 3 is 2.84 bits per heavy atom. The molecule has 1 aromatic carbocycles. The van der Waals surface area contributed by atoms with Gasteiger partial charge in [-0.3, -0.25) is 0 Å². The smallest absolute Gasteiger partial charge is 0.119 e. The van der Waals surface area contributed by atoms with Crippen molar-refractivity contribution in [3.63, 3.8) is 0 Å². The fraction of sp³-hybridized carbons (Fsp3) is 0.647. The topological polar surface area (TPSA) is 29.5 Å². The van der Waals surface area contributed by atoms with Gasteiger partial charge in [-0.05, 0) is 48.3 Å². The van der Waals surface area contributed by atoms with Gasteiger partial charge in [-0.2, -0.15) is 0 Å². The molecule has 2 nitrogen and oxygen atoms in total. The third kappa shape index (κ3) is 3.50. The largest absolute Gasteiger partial charge is 0.497 e. The van der Waals surface area contributed by atoms with E-state index in [0.717, 1.165) is 24.2 Å². The maximum Gasteiger partial charge on any atom is 0.119 e. The molecule has 1 aliphatic rings. The summed E-state index contributed by atoms with van der Waals surface area (Å²) in [6.45, 7) is 4.59. The summed E-state index contributed by atoms with van der Waals surface area (Å²) in [5, 5.41) is 10.6. The van der Waals surface area contributed by atoms with Crippen LogP contribution >= 0.6 is 0 Å². The quantitative estimate of drug-likeness (QED) is 0.894. The van der Waals surface area contributed by atoms with Crippen LogP contribution < -0.4 is 4.74 Å². The Balaban J connectivity index is 2.05. The lowest BCUT2D eigenvalue weighted by Gasteiger charge is -2.41. The first-order chi connectivity index (χ1) is 9.03. The Kier molecular flexibility index (Phi) is 4.51. The number of methoxy groups -OCH3 is 1. The molecule has 106 valence electrons. The zero-order chi connectivity index (χ0) is 13.9. The van der Waals surface area contributed by atoms with Crippen molar-refractivity contribution in [3.05, 3.63) is 29.8 Å². The van der Waals surface area contributed by atoms with E-state index in [0.29, 0.717) is 5.92 Å². The van der Waals surface area contributed by atoms with Crippen molar-refractivity contribution in [1.82, 2.24) is 0 Å². The molecule has 2 rings (SSSR count). The fourth-order valence-corrected chi connectivity index (χ4v) is 3.42. The molecule has 19 heavy (non-hydrogen) atoms. The fourth-order valence-electron chi connectivity index (χ4n) is 3.42. The van der Waals surface area contributed by atoms with Crippen molar-refractivity contribution < 1.29 is 9.84 Å². The Bertz CT molecular complexity index is 411. The van der Waals surface area contributed by atoms with Crippen LogP contribution in [0.15, 0.2) is 24.3 Å². The summed E-state index contributed by atoms with van der Waals surface area (Å²) in [7, 11) is 1.68. The Morgan fingerprint density at radius 1 is 1.37 bits per heavy atom. The summed E-state index contributed by atoms with van der Waals surface area (Å²) in [5.74, 6) is 1.28. The molecule has 0 bridgehead atoms. The second kappa shape index (κ2) is 5.96. The van der Waals surface area contributed by atoms with Crippen molar-refractivity contribution in [3.8, 4) is 5.75 Å². The maximum absolute atomic E-state index is 10.6. The molecule has 0 aromatic heterocycles. The second-order valence-electron chi connectivity index (χ2n) is 6.46. The van der Waals surface area contributed by atoms with E-state index >= 15 is 0 Å². The normalized spacial score (nSPS) is 23.9. The Labute approximate surface area is 116 Å². The highest BCUT2D eigenvalue weighted by Crippen LogP contribution is 2.42. The van der Waals surface area contributed by atoms with E-state index in [1.165, 1.54) is 19.3 Å². The van der Waals surface area contributed by atoms with Gasteiger partial charge in [0.25, 0.3) is 0 Å². The first-order valence-electron chi connectivity index (χ1n) is 7.34. The Hall–Kier alpha value is -1.02. The number of benzene rings is 1. The third-order valence-corrected chi connectivity index (χ3v) is 4.63. The van der Waals surface area contributed by atoms with E-state index in [1.807, 2.05) is 18.2 Å². The van der Waals surface area contributed by atoms with Crippen LogP contribution in [0.5, 0.6) is 5.75 Å². The van der Waals surface area contributed by atoms with Crippen molar-refractivity contribution in [1.29, 1.82) is 0 Å². The van der Waals surface area contributed by atoms with E-state index in [-0.39, 0.29) is 11.5 Å². The van der Waals surface area contributed by atoms with Crippen LogP contribution in [0.2, 0.25) is 0 Å². The van der Waals surface area contributed by atoms with Gasteiger partial charge >= 0.3 is 0 Å². The molecule has 1 saturated carbocycles. The van der Waals surface area contributed by atoms with Crippen molar-refractivity contribution >= 4 is 0 Å². The van der Waals surface area contributed by atoms with Gasteiger partial charge in [0.1, 0.15) is 5.75 Å². The van der Waals surface area contributed by atoms with Gasteiger partial charge in [0.05, 0.1) is 13.2 Å². The van der Waals surface area contributed by atoms with Gasteiger partial charge < -0.3 is 9.84 Å². The van der Waals surface area contributed by atoms with Crippen LogP contribution in [-0.4, -0.2) is 18.3 Å². The highest BCUT2D eigenvalue weighted by atomic mass is 16.5. The molecule has 2 unspecified atom stereocenters. The summed E-state index contributed by atoms with van der Waals surface area (Å²) in [6, 6.07) is 8.04. The summed E-state index contributed by atoms with van der Waals surface area (Å²) < 4.78 is 5.24. The third-order valence-electron chi connectivity index (χ3n) is 4.63. The minimum absolute atomic E-state index is 0.248. The van der Waals surface area contributed by atoms with E-state index < -0.39 is 0 Å². The van der Waals surface area contributed by atoms with Gasteiger partial charge in [0.15, 0.2) is 0 Å². The SMILES string of the molecule is COc1cccc(CC(O)C2CCCCC2(C)C)c1. The van der Waals surface area contributed by atoms with Gasteiger partial charge in [0.2, 0.25) is 0 Å². The first-order valence-corrected chi connectivity index (χ1v) is 7.34. The van der Waals surface area contributed by atoms with E-state index in [4.69, 9.17) is 4.74 Å². The summed E-state index contributed by atoms with van der Waals surface area (Å²) >= 11 is 0. The molecule has 1 aromatic rings.